The third-order valence-electron chi connectivity index (χ3n) is 3.55. The van der Waals surface area contributed by atoms with Crippen LogP contribution >= 0.6 is 0 Å². The number of nitrogens with one attached hydrogen (secondary N) is 1. The van der Waals surface area contributed by atoms with E-state index in [1.807, 2.05) is 0 Å². The van der Waals surface area contributed by atoms with Gasteiger partial charge in [0, 0.05) is 25.8 Å². The molecule has 2 amide bonds. The molecule has 2 N–H and O–H groups in total. The number of likely N-dealkylation sites (N-methyl/N-ethyl adjacent to an activating group) is 1. The van der Waals surface area contributed by atoms with Gasteiger partial charge in [0.1, 0.15) is 11.9 Å². The first-order chi connectivity index (χ1) is 11.4. The van der Waals surface area contributed by atoms with Gasteiger partial charge in [-0.3, -0.25) is 9.59 Å². The molecule has 2 rings (SSSR count). The Morgan fingerprint density at radius 1 is 1.29 bits per heavy atom. The number of hydrogen-bond acceptors (Lipinski definition) is 5. The number of ether oxygens (including phenoxy) is 2. The van der Waals surface area contributed by atoms with Gasteiger partial charge in [0.2, 0.25) is 0 Å². The number of rotatable bonds is 6. The number of carbonyl (C=O) groups is 3. The molecule has 1 aliphatic heterocycles. The maximum absolute atomic E-state index is 12.1. The van der Waals surface area contributed by atoms with E-state index in [4.69, 9.17) is 14.6 Å². The Balaban J connectivity index is 1.91. The molecule has 0 unspecified atom stereocenters. The van der Waals surface area contributed by atoms with E-state index in [0.717, 1.165) is 0 Å². The summed E-state index contributed by atoms with van der Waals surface area (Å²) in [6, 6.07) is 6.61. The average Bonchev–Trinajstić information content (AvgIpc) is 3.03. The highest BCUT2D eigenvalue weighted by atomic mass is 16.5. The molecular formula is C16H20N2O6. The lowest BCUT2D eigenvalue weighted by Gasteiger charge is -2.14. The molecular weight excluding hydrogens is 316 g/mol. The lowest BCUT2D eigenvalue weighted by atomic mass is 10.2. The smallest absolute Gasteiger partial charge is 0.332 e. The van der Waals surface area contributed by atoms with Gasteiger partial charge in [-0.05, 0) is 25.0 Å². The molecule has 1 aliphatic rings. The van der Waals surface area contributed by atoms with Crippen LogP contribution in [0.2, 0.25) is 0 Å². The van der Waals surface area contributed by atoms with Gasteiger partial charge in [0.05, 0.1) is 0 Å². The molecule has 0 radical (unpaired) electrons. The Hall–Kier alpha value is -2.61. The summed E-state index contributed by atoms with van der Waals surface area (Å²) in [6.07, 6.45) is -1.06. The van der Waals surface area contributed by atoms with E-state index in [1.165, 1.54) is 4.90 Å². The van der Waals surface area contributed by atoms with Crippen LogP contribution in [0, 0.1) is 0 Å². The van der Waals surface area contributed by atoms with Crippen LogP contribution in [0.5, 0.6) is 5.75 Å². The minimum atomic E-state index is -1.06. The average molecular weight is 336 g/mol. The Bertz CT molecular complexity index is 631. The van der Waals surface area contributed by atoms with Gasteiger partial charge in [-0.2, -0.15) is 0 Å². The second-order valence-corrected chi connectivity index (χ2v) is 5.62. The van der Waals surface area contributed by atoms with Gasteiger partial charge in [0.15, 0.2) is 12.7 Å². The first-order valence-electron chi connectivity index (χ1n) is 7.49. The maximum Gasteiger partial charge on any atom is 0.332 e. The summed E-state index contributed by atoms with van der Waals surface area (Å²) >= 11 is 0. The molecule has 2 atom stereocenters. The van der Waals surface area contributed by atoms with Crippen LogP contribution in [-0.2, 0) is 19.1 Å². The fourth-order valence-electron chi connectivity index (χ4n) is 2.17. The maximum atomic E-state index is 12.1. The molecule has 0 aromatic heterocycles. The number of aliphatic carboxylic acids is 1. The van der Waals surface area contributed by atoms with Gasteiger partial charge in [-0.15, -0.1) is 0 Å². The molecule has 1 aromatic rings. The summed E-state index contributed by atoms with van der Waals surface area (Å²) in [5, 5.41) is 11.5. The monoisotopic (exact) mass is 336 g/mol. The van der Waals surface area contributed by atoms with Crippen LogP contribution in [0.25, 0.3) is 0 Å². The fourth-order valence-corrected chi connectivity index (χ4v) is 2.17. The lowest BCUT2D eigenvalue weighted by molar-refractivity contribution is -0.150. The molecule has 0 spiro atoms. The normalized spacial score (nSPS) is 19.6. The molecule has 1 heterocycles. The van der Waals surface area contributed by atoms with Crippen molar-refractivity contribution in [2.75, 3.05) is 26.0 Å². The van der Waals surface area contributed by atoms with Crippen molar-refractivity contribution in [3.05, 3.63) is 24.3 Å². The zero-order chi connectivity index (χ0) is 17.7. The van der Waals surface area contributed by atoms with Crippen LogP contribution < -0.4 is 10.1 Å². The highest BCUT2D eigenvalue weighted by molar-refractivity contribution is 5.95. The van der Waals surface area contributed by atoms with Crippen molar-refractivity contribution < 1.29 is 29.0 Å². The standard InChI is InChI=1S/C16H20N2O6/c1-18(2)14(19)9-23-11-5-3-4-10(8-11)17-15(20)12-6-7-13(24-12)16(21)22/h3-5,8,12-13H,6-7,9H2,1-2H3,(H,17,20)(H,21,22)/t12-,13+/m0/s1. The van der Waals surface area contributed by atoms with E-state index in [2.05, 4.69) is 5.32 Å². The summed E-state index contributed by atoms with van der Waals surface area (Å²) in [5.74, 6) is -1.20. The Kier molecular flexibility index (Phi) is 5.75. The minimum Gasteiger partial charge on any atom is -0.484 e. The Labute approximate surface area is 139 Å². The van der Waals surface area contributed by atoms with Crippen molar-refractivity contribution >= 4 is 23.5 Å². The first-order valence-corrected chi connectivity index (χ1v) is 7.49. The van der Waals surface area contributed by atoms with Gasteiger partial charge in [0.25, 0.3) is 11.8 Å². The molecule has 0 aliphatic carbocycles. The summed E-state index contributed by atoms with van der Waals surface area (Å²) in [6.45, 7) is -0.101. The van der Waals surface area contributed by atoms with Crippen LogP contribution in [0.15, 0.2) is 24.3 Å². The fraction of sp³-hybridized carbons (Fsp3) is 0.438. The third kappa shape index (κ3) is 4.69. The van der Waals surface area contributed by atoms with Gasteiger partial charge < -0.3 is 24.8 Å². The van der Waals surface area contributed by atoms with E-state index >= 15 is 0 Å². The van der Waals surface area contributed by atoms with Crippen molar-refractivity contribution in [1.82, 2.24) is 4.90 Å². The summed E-state index contributed by atoms with van der Waals surface area (Å²) in [7, 11) is 3.27. The van der Waals surface area contributed by atoms with Crippen molar-refractivity contribution in [1.29, 1.82) is 0 Å². The zero-order valence-electron chi connectivity index (χ0n) is 13.5. The molecule has 24 heavy (non-hydrogen) atoms. The zero-order valence-corrected chi connectivity index (χ0v) is 13.5. The number of benzene rings is 1. The number of nitrogens with zero attached hydrogens (tertiary/aromatic N) is 1. The van der Waals surface area contributed by atoms with Crippen molar-refractivity contribution in [3.8, 4) is 5.75 Å². The summed E-state index contributed by atoms with van der Waals surface area (Å²) in [5.41, 5.74) is 0.483. The lowest BCUT2D eigenvalue weighted by Crippen LogP contribution is -2.30. The van der Waals surface area contributed by atoms with Crippen LogP contribution in [0.1, 0.15) is 12.8 Å². The van der Waals surface area contributed by atoms with E-state index in [1.54, 1.807) is 38.4 Å². The van der Waals surface area contributed by atoms with E-state index in [0.29, 0.717) is 24.3 Å². The number of carbonyl (C=O) groups excluding carboxylic acids is 2. The molecule has 8 heteroatoms. The number of carboxylic acids is 1. The second-order valence-electron chi connectivity index (χ2n) is 5.62. The minimum absolute atomic E-state index is 0.101. The summed E-state index contributed by atoms with van der Waals surface area (Å²) in [4.78, 5) is 35.9. The van der Waals surface area contributed by atoms with Crippen LogP contribution in [-0.4, -0.2) is 60.7 Å². The quantitative estimate of drug-likeness (QED) is 0.793. The highest BCUT2D eigenvalue weighted by Gasteiger charge is 2.34. The molecule has 0 bridgehead atoms. The predicted octanol–water partition coefficient (Wildman–Crippen LogP) is 0.724. The van der Waals surface area contributed by atoms with Crippen LogP contribution in [0.3, 0.4) is 0 Å². The van der Waals surface area contributed by atoms with Crippen molar-refractivity contribution in [3.63, 3.8) is 0 Å². The van der Waals surface area contributed by atoms with Gasteiger partial charge in [-0.1, -0.05) is 6.07 Å². The highest BCUT2D eigenvalue weighted by Crippen LogP contribution is 2.23. The van der Waals surface area contributed by atoms with Gasteiger partial charge >= 0.3 is 5.97 Å². The first kappa shape index (κ1) is 17.7. The number of anilines is 1. The molecule has 130 valence electrons. The van der Waals surface area contributed by atoms with E-state index < -0.39 is 24.1 Å². The Morgan fingerprint density at radius 3 is 2.62 bits per heavy atom. The summed E-state index contributed by atoms with van der Waals surface area (Å²) < 4.78 is 10.6. The molecule has 1 fully saturated rings. The largest absolute Gasteiger partial charge is 0.484 e. The number of hydrogen-bond donors (Lipinski definition) is 2. The van der Waals surface area contributed by atoms with E-state index in [9.17, 15) is 14.4 Å². The predicted molar refractivity (Wildman–Crippen MR) is 84.8 cm³/mol. The van der Waals surface area contributed by atoms with Crippen LogP contribution in [0.4, 0.5) is 5.69 Å². The molecule has 8 nitrogen and oxygen atoms in total. The molecule has 1 aromatic carbocycles. The van der Waals surface area contributed by atoms with Gasteiger partial charge in [-0.25, -0.2) is 4.79 Å². The van der Waals surface area contributed by atoms with Crippen molar-refractivity contribution in [2.45, 2.75) is 25.0 Å². The number of amides is 2. The number of carboxylic acid groups (broad SMARTS) is 1. The Morgan fingerprint density at radius 2 is 2.00 bits per heavy atom. The van der Waals surface area contributed by atoms with Crippen molar-refractivity contribution in [2.24, 2.45) is 0 Å². The van der Waals surface area contributed by atoms with E-state index in [-0.39, 0.29) is 12.5 Å². The SMILES string of the molecule is CN(C)C(=O)COc1cccc(NC(=O)[C@@H]2CC[C@H](C(=O)O)O2)c1. The second kappa shape index (κ2) is 7.78. The molecule has 1 saturated heterocycles. The topological polar surface area (TPSA) is 105 Å². The third-order valence-corrected chi connectivity index (χ3v) is 3.55. The molecule has 0 saturated carbocycles.